The van der Waals surface area contributed by atoms with Gasteiger partial charge in [0.15, 0.2) is 0 Å². The Bertz CT molecular complexity index is 162. The topological polar surface area (TPSA) is 33.0 Å². The smallest absolute Gasteiger partial charge is 0.0709 e. The number of rotatable bonds is 4. The number of ether oxygens (including phenoxy) is 1. The molecule has 2 nitrogen and oxygen atoms in total. The third-order valence-electron chi connectivity index (χ3n) is 2.39. The highest BCUT2D eigenvalue weighted by atomic mass is 16.5. The van der Waals surface area contributed by atoms with Gasteiger partial charge in [0.05, 0.1) is 24.7 Å². The standard InChI is InChI=1S/C10H17NO/c1-2-3-4-9-5-6-10(12-9)7-8-11/h9-10H,2-7H2,1H3. The van der Waals surface area contributed by atoms with Crippen LogP contribution in [0, 0.1) is 11.3 Å². The van der Waals surface area contributed by atoms with Crippen LogP contribution >= 0.6 is 0 Å². The second-order valence-electron chi connectivity index (χ2n) is 3.46. The first-order chi connectivity index (χ1) is 5.86. The maximum atomic E-state index is 8.46. The molecule has 0 N–H and O–H groups in total. The molecule has 0 amide bonds. The Kier molecular flexibility index (Phi) is 4.10. The fraction of sp³-hybridized carbons (Fsp3) is 0.900. The van der Waals surface area contributed by atoms with E-state index in [0.29, 0.717) is 12.5 Å². The van der Waals surface area contributed by atoms with Crippen molar-refractivity contribution in [2.24, 2.45) is 0 Å². The summed E-state index contributed by atoms with van der Waals surface area (Å²) in [7, 11) is 0. The molecule has 1 saturated heterocycles. The zero-order chi connectivity index (χ0) is 8.81. The Morgan fingerprint density at radius 1 is 1.42 bits per heavy atom. The Morgan fingerprint density at radius 2 is 2.17 bits per heavy atom. The van der Waals surface area contributed by atoms with Crippen LogP contribution in [0.1, 0.15) is 45.4 Å². The van der Waals surface area contributed by atoms with Crippen molar-refractivity contribution in [3.8, 4) is 6.07 Å². The number of hydrogen-bond acceptors (Lipinski definition) is 2. The summed E-state index contributed by atoms with van der Waals surface area (Å²) in [5, 5.41) is 8.46. The quantitative estimate of drug-likeness (QED) is 0.644. The molecule has 2 heteroatoms. The molecule has 2 unspecified atom stereocenters. The van der Waals surface area contributed by atoms with E-state index in [-0.39, 0.29) is 6.10 Å². The first-order valence-corrected chi connectivity index (χ1v) is 4.89. The van der Waals surface area contributed by atoms with Crippen molar-refractivity contribution in [1.82, 2.24) is 0 Å². The van der Waals surface area contributed by atoms with Gasteiger partial charge in [-0.05, 0) is 19.3 Å². The summed E-state index contributed by atoms with van der Waals surface area (Å²) < 4.78 is 5.68. The van der Waals surface area contributed by atoms with Gasteiger partial charge in [0, 0.05) is 0 Å². The van der Waals surface area contributed by atoms with E-state index in [1.165, 1.54) is 19.3 Å². The van der Waals surface area contributed by atoms with Crippen molar-refractivity contribution in [3.05, 3.63) is 0 Å². The van der Waals surface area contributed by atoms with E-state index in [2.05, 4.69) is 13.0 Å². The second kappa shape index (κ2) is 5.16. The molecule has 0 saturated carbocycles. The van der Waals surface area contributed by atoms with E-state index in [0.717, 1.165) is 12.8 Å². The lowest BCUT2D eigenvalue weighted by atomic mass is 10.1. The van der Waals surface area contributed by atoms with Crippen LogP contribution in [-0.4, -0.2) is 12.2 Å². The van der Waals surface area contributed by atoms with E-state index in [9.17, 15) is 0 Å². The van der Waals surface area contributed by atoms with Crippen LogP contribution in [0.3, 0.4) is 0 Å². The van der Waals surface area contributed by atoms with Crippen molar-refractivity contribution >= 4 is 0 Å². The van der Waals surface area contributed by atoms with Gasteiger partial charge >= 0.3 is 0 Å². The molecule has 0 radical (unpaired) electrons. The average Bonchev–Trinajstić information content (AvgIpc) is 2.50. The zero-order valence-electron chi connectivity index (χ0n) is 7.75. The van der Waals surface area contributed by atoms with Crippen molar-refractivity contribution in [2.75, 3.05) is 0 Å². The van der Waals surface area contributed by atoms with E-state index >= 15 is 0 Å². The van der Waals surface area contributed by atoms with E-state index < -0.39 is 0 Å². The highest BCUT2D eigenvalue weighted by Gasteiger charge is 2.23. The van der Waals surface area contributed by atoms with Crippen LogP contribution in [0.25, 0.3) is 0 Å². The van der Waals surface area contributed by atoms with Crippen molar-refractivity contribution in [1.29, 1.82) is 5.26 Å². The van der Waals surface area contributed by atoms with E-state index in [1.807, 2.05) is 0 Å². The van der Waals surface area contributed by atoms with E-state index in [1.54, 1.807) is 0 Å². The Balaban J connectivity index is 2.13. The van der Waals surface area contributed by atoms with Crippen LogP contribution in [0.15, 0.2) is 0 Å². The van der Waals surface area contributed by atoms with Crippen LogP contribution in [0.4, 0.5) is 0 Å². The highest BCUT2D eigenvalue weighted by Crippen LogP contribution is 2.24. The minimum atomic E-state index is 0.233. The summed E-state index contributed by atoms with van der Waals surface area (Å²) in [6, 6.07) is 2.16. The number of nitrogens with zero attached hydrogens (tertiary/aromatic N) is 1. The lowest BCUT2D eigenvalue weighted by molar-refractivity contribution is 0.0422. The fourth-order valence-corrected chi connectivity index (χ4v) is 1.68. The average molecular weight is 167 g/mol. The van der Waals surface area contributed by atoms with Crippen molar-refractivity contribution in [3.63, 3.8) is 0 Å². The lowest BCUT2D eigenvalue weighted by Gasteiger charge is -2.10. The first-order valence-electron chi connectivity index (χ1n) is 4.89. The van der Waals surface area contributed by atoms with Gasteiger partial charge in [-0.2, -0.15) is 5.26 Å². The monoisotopic (exact) mass is 167 g/mol. The zero-order valence-corrected chi connectivity index (χ0v) is 7.75. The molecule has 12 heavy (non-hydrogen) atoms. The molecular weight excluding hydrogens is 150 g/mol. The SMILES string of the molecule is CCCCC1CCC(CC#N)O1. The molecule has 68 valence electrons. The molecule has 0 spiro atoms. The summed E-state index contributed by atoms with van der Waals surface area (Å²) in [5.41, 5.74) is 0. The summed E-state index contributed by atoms with van der Waals surface area (Å²) in [4.78, 5) is 0. The van der Waals surface area contributed by atoms with Gasteiger partial charge < -0.3 is 4.74 Å². The van der Waals surface area contributed by atoms with Crippen LogP contribution in [0.5, 0.6) is 0 Å². The van der Waals surface area contributed by atoms with Crippen molar-refractivity contribution in [2.45, 2.75) is 57.7 Å². The van der Waals surface area contributed by atoms with Gasteiger partial charge in [-0.3, -0.25) is 0 Å². The summed E-state index contributed by atoms with van der Waals surface area (Å²) in [6.45, 7) is 2.20. The normalized spacial score (nSPS) is 28.7. The molecule has 1 aliphatic rings. The van der Waals surface area contributed by atoms with Crippen LogP contribution < -0.4 is 0 Å². The predicted molar refractivity (Wildman–Crippen MR) is 47.7 cm³/mol. The van der Waals surface area contributed by atoms with Gasteiger partial charge in [0.25, 0.3) is 0 Å². The number of nitriles is 1. The lowest BCUT2D eigenvalue weighted by Crippen LogP contribution is -2.09. The second-order valence-corrected chi connectivity index (χ2v) is 3.46. The number of hydrogen-bond donors (Lipinski definition) is 0. The number of unbranched alkanes of at least 4 members (excludes halogenated alkanes) is 1. The maximum absolute atomic E-state index is 8.46. The minimum absolute atomic E-state index is 0.233. The van der Waals surface area contributed by atoms with Gasteiger partial charge in [-0.25, -0.2) is 0 Å². The molecule has 1 rings (SSSR count). The Labute approximate surface area is 74.5 Å². The first kappa shape index (κ1) is 9.54. The predicted octanol–water partition coefficient (Wildman–Crippen LogP) is 2.64. The fourth-order valence-electron chi connectivity index (χ4n) is 1.68. The molecule has 0 aromatic carbocycles. The van der Waals surface area contributed by atoms with Crippen LogP contribution in [-0.2, 0) is 4.74 Å². The maximum Gasteiger partial charge on any atom is 0.0709 e. The third-order valence-corrected chi connectivity index (χ3v) is 2.39. The van der Waals surface area contributed by atoms with Gasteiger partial charge in [0.2, 0.25) is 0 Å². The summed E-state index contributed by atoms with van der Waals surface area (Å²) in [6.07, 6.45) is 7.17. The molecule has 0 bridgehead atoms. The molecule has 1 heterocycles. The highest BCUT2D eigenvalue weighted by molar-refractivity contribution is 4.82. The molecule has 2 atom stereocenters. The third kappa shape index (κ3) is 2.83. The molecule has 0 aliphatic carbocycles. The Morgan fingerprint density at radius 3 is 2.83 bits per heavy atom. The van der Waals surface area contributed by atoms with Gasteiger partial charge in [-0.1, -0.05) is 19.8 Å². The summed E-state index contributed by atoms with van der Waals surface area (Å²) in [5.74, 6) is 0. The largest absolute Gasteiger partial charge is 0.374 e. The van der Waals surface area contributed by atoms with Gasteiger partial charge in [-0.15, -0.1) is 0 Å². The molecular formula is C10H17NO. The van der Waals surface area contributed by atoms with E-state index in [4.69, 9.17) is 10.00 Å². The molecule has 0 aromatic heterocycles. The molecule has 0 aromatic rings. The molecule has 1 aliphatic heterocycles. The molecule has 1 fully saturated rings. The summed E-state index contributed by atoms with van der Waals surface area (Å²) >= 11 is 0. The van der Waals surface area contributed by atoms with Crippen LogP contribution in [0.2, 0.25) is 0 Å². The van der Waals surface area contributed by atoms with Crippen molar-refractivity contribution < 1.29 is 4.74 Å². The van der Waals surface area contributed by atoms with Gasteiger partial charge in [0.1, 0.15) is 0 Å². The minimum Gasteiger partial charge on any atom is -0.374 e. The Hall–Kier alpha value is -0.550.